The molecule has 0 saturated carbocycles. The van der Waals surface area contributed by atoms with Crippen molar-refractivity contribution < 1.29 is 4.79 Å². The summed E-state index contributed by atoms with van der Waals surface area (Å²) < 4.78 is 3.37. The molecule has 0 aromatic carbocycles. The fourth-order valence-electron chi connectivity index (χ4n) is 2.27. The van der Waals surface area contributed by atoms with Crippen LogP contribution in [0.5, 0.6) is 0 Å². The van der Waals surface area contributed by atoms with E-state index < -0.39 is 0 Å². The van der Waals surface area contributed by atoms with E-state index in [4.69, 9.17) is 0 Å². The first-order valence-electron chi connectivity index (χ1n) is 7.18. The zero-order valence-corrected chi connectivity index (χ0v) is 12.5. The van der Waals surface area contributed by atoms with E-state index in [1.807, 2.05) is 6.92 Å². The lowest BCUT2D eigenvalue weighted by molar-refractivity contribution is 0.0932. The minimum absolute atomic E-state index is 0.251. The number of aromatic nitrogens is 6. The molecule has 0 fully saturated rings. The van der Waals surface area contributed by atoms with Gasteiger partial charge in [0.15, 0.2) is 11.3 Å². The number of nitrogens with zero attached hydrogens (tertiary/aromatic N) is 6. The average Bonchev–Trinajstić information content (AvgIpc) is 3.13. The van der Waals surface area contributed by atoms with Gasteiger partial charge in [-0.05, 0) is 19.4 Å². The molecule has 22 heavy (non-hydrogen) atoms. The van der Waals surface area contributed by atoms with E-state index in [9.17, 15) is 4.79 Å². The summed E-state index contributed by atoms with van der Waals surface area (Å²) >= 11 is 0. The summed E-state index contributed by atoms with van der Waals surface area (Å²) in [5, 5.41) is 11.3. The maximum Gasteiger partial charge on any atom is 0.272 e. The van der Waals surface area contributed by atoms with Crippen LogP contribution in [0.15, 0.2) is 30.9 Å². The molecular formula is C14H17N7O. The number of rotatable bonds is 5. The standard InChI is InChI=1S/C14H17N7O/c1-3-6-21-13(16-9-17-21)10(2)18-14(22)11-8-12-15-5-4-7-20(12)19-11/h4-5,7-10H,3,6H2,1-2H3,(H,18,22)/t10-/m1/s1. The first-order valence-corrected chi connectivity index (χ1v) is 7.18. The number of carbonyl (C=O) groups is 1. The van der Waals surface area contributed by atoms with Crippen molar-refractivity contribution in [3.8, 4) is 0 Å². The Labute approximate surface area is 127 Å². The highest BCUT2D eigenvalue weighted by Gasteiger charge is 2.18. The summed E-state index contributed by atoms with van der Waals surface area (Å²) in [5.41, 5.74) is 0.960. The van der Waals surface area contributed by atoms with Gasteiger partial charge in [-0.15, -0.1) is 0 Å². The van der Waals surface area contributed by atoms with Crippen LogP contribution in [0.4, 0.5) is 0 Å². The fraction of sp³-hybridized carbons (Fsp3) is 0.357. The number of nitrogens with one attached hydrogen (secondary N) is 1. The monoisotopic (exact) mass is 299 g/mol. The number of carbonyl (C=O) groups excluding carboxylic acids is 1. The van der Waals surface area contributed by atoms with Gasteiger partial charge in [0.25, 0.3) is 5.91 Å². The van der Waals surface area contributed by atoms with Gasteiger partial charge in [0.2, 0.25) is 0 Å². The molecule has 0 aliphatic heterocycles. The van der Waals surface area contributed by atoms with Gasteiger partial charge in [-0.25, -0.2) is 19.2 Å². The lowest BCUT2D eigenvalue weighted by Gasteiger charge is -2.13. The van der Waals surface area contributed by atoms with E-state index in [1.165, 1.54) is 6.33 Å². The molecule has 3 aromatic rings. The molecule has 114 valence electrons. The summed E-state index contributed by atoms with van der Waals surface area (Å²) in [7, 11) is 0. The number of hydrogen-bond donors (Lipinski definition) is 1. The van der Waals surface area contributed by atoms with Crippen molar-refractivity contribution in [1.29, 1.82) is 0 Å². The van der Waals surface area contributed by atoms with Crippen LogP contribution in [-0.2, 0) is 6.54 Å². The Morgan fingerprint density at radius 1 is 1.41 bits per heavy atom. The Bertz CT molecular complexity index is 758. The van der Waals surface area contributed by atoms with Gasteiger partial charge in [0, 0.05) is 25.0 Å². The van der Waals surface area contributed by atoms with Gasteiger partial charge in [-0.1, -0.05) is 6.92 Å². The highest BCUT2D eigenvalue weighted by atomic mass is 16.2. The van der Waals surface area contributed by atoms with Gasteiger partial charge < -0.3 is 5.32 Å². The van der Waals surface area contributed by atoms with Gasteiger partial charge >= 0.3 is 0 Å². The van der Waals surface area contributed by atoms with Gasteiger partial charge in [0.1, 0.15) is 12.2 Å². The van der Waals surface area contributed by atoms with Crippen molar-refractivity contribution in [2.24, 2.45) is 0 Å². The second kappa shape index (κ2) is 5.92. The first kappa shape index (κ1) is 14.2. The van der Waals surface area contributed by atoms with Crippen molar-refractivity contribution >= 4 is 11.6 Å². The number of fused-ring (bicyclic) bond motifs is 1. The quantitative estimate of drug-likeness (QED) is 0.765. The summed E-state index contributed by atoms with van der Waals surface area (Å²) in [6, 6.07) is 3.16. The molecule has 8 nitrogen and oxygen atoms in total. The van der Waals surface area contributed by atoms with Gasteiger partial charge in [-0.2, -0.15) is 10.2 Å². The SMILES string of the molecule is CCCn1ncnc1[C@@H](C)NC(=O)c1cc2ncccn2n1. The summed E-state index contributed by atoms with van der Waals surface area (Å²) in [6.07, 6.45) is 5.87. The lowest BCUT2D eigenvalue weighted by Crippen LogP contribution is -2.29. The summed E-state index contributed by atoms with van der Waals surface area (Å²) in [5.74, 6) is 0.473. The molecule has 0 aliphatic carbocycles. The Morgan fingerprint density at radius 2 is 2.27 bits per heavy atom. The normalized spacial score (nSPS) is 12.5. The molecule has 1 atom stereocenters. The van der Waals surface area contributed by atoms with E-state index in [2.05, 4.69) is 32.4 Å². The van der Waals surface area contributed by atoms with Crippen molar-refractivity contribution in [1.82, 2.24) is 34.7 Å². The topological polar surface area (TPSA) is 90.0 Å². The average molecular weight is 299 g/mol. The first-order chi connectivity index (χ1) is 10.7. The molecule has 1 N–H and O–H groups in total. The minimum atomic E-state index is -0.260. The van der Waals surface area contributed by atoms with Crippen LogP contribution in [0, 0.1) is 0 Å². The van der Waals surface area contributed by atoms with Crippen molar-refractivity contribution in [2.45, 2.75) is 32.9 Å². The summed E-state index contributed by atoms with van der Waals surface area (Å²) in [6.45, 7) is 4.72. The van der Waals surface area contributed by atoms with Gasteiger partial charge in [0.05, 0.1) is 6.04 Å². The maximum absolute atomic E-state index is 12.3. The minimum Gasteiger partial charge on any atom is -0.341 e. The maximum atomic E-state index is 12.3. The van der Waals surface area contributed by atoms with Crippen molar-refractivity contribution in [2.75, 3.05) is 0 Å². The van der Waals surface area contributed by atoms with E-state index in [-0.39, 0.29) is 11.9 Å². The Morgan fingerprint density at radius 3 is 3.05 bits per heavy atom. The van der Waals surface area contributed by atoms with Crippen molar-refractivity contribution in [3.05, 3.63) is 42.4 Å². The molecule has 1 amide bonds. The molecule has 0 radical (unpaired) electrons. The molecule has 3 aromatic heterocycles. The highest BCUT2D eigenvalue weighted by molar-refractivity contribution is 5.93. The zero-order valence-electron chi connectivity index (χ0n) is 12.5. The van der Waals surface area contributed by atoms with E-state index >= 15 is 0 Å². The van der Waals surface area contributed by atoms with Crippen LogP contribution in [0.2, 0.25) is 0 Å². The Kier molecular flexibility index (Phi) is 3.82. The molecule has 3 rings (SSSR count). The molecular weight excluding hydrogens is 282 g/mol. The van der Waals surface area contributed by atoms with Crippen LogP contribution >= 0.6 is 0 Å². The van der Waals surface area contributed by atoms with Crippen LogP contribution < -0.4 is 5.32 Å². The molecule has 0 bridgehead atoms. The van der Waals surface area contributed by atoms with Crippen LogP contribution in [-0.4, -0.2) is 35.3 Å². The Hall–Kier alpha value is -2.77. The third-order valence-electron chi connectivity index (χ3n) is 3.28. The van der Waals surface area contributed by atoms with Crippen LogP contribution in [0.1, 0.15) is 42.6 Å². The highest BCUT2D eigenvalue weighted by Crippen LogP contribution is 2.11. The number of hydrogen-bond acceptors (Lipinski definition) is 5. The third kappa shape index (κ3) is 2.67. The molecule has 8 heteroatoms. The molecule has 3 heterocycles. The number of amides is 1. The Balaban J connectivity index is 1.76. The van der Waals surface area contributed by atoms with Gasteiger partial charge in [-0.3, -0.25) is 4.79 Å². The predicted octanol–water partition coefficient (Wildman–Crippen LogP) is 1.22. The smallest absolute Gasteiger partial charge is 0.272 e. The molecule has 0 spiro atoms. The second-order valence-corrected chi connectivity index (χ2v) is 4.99. The number of aryl methyl sites for hydroxylation is 1. The molecule has 0 unspecified atom stereocenters. The second-order valence-electron chi connectivity index (χ2n) is 4.99. The van der Waals surface area contributed by atoms with E-state index in [1.54, 1.807) is 33.7 Å². The predicted molar refractivity (Wildman–Crippen MR) is 79.2 cm³/mol. The molecule has 0 aliphatic rings. The van der Waals surface area contributed by atoms with E-state index in [0.29, 0.717) is 11.3 Å². The molecule has 0 saturated heterocycles. The van der Waals surface area contributed by atoms with Crippen LogP contribution in [0.25, 0.3) is 5.65 Å². The third-order valence-corrected chi connectivity index (χ3v) is 3.28. The largest absolute Gasteiger partial charge is 0.341 e. The lowest BCUT2D eigenvalue weighted by atomic mass is 10.3. The fourth-order valence-corrected chi connectivity index (χ4v) is 2.27. The zero-order chi connectivity index (χ0) is 15.5. The van der Waals surface area contributed by atoms with Crippen molar-refractivity contribution in [3.63, 3.8) is 0 Å². The van der Waals surface area contributed by atoms with Crippen LogP contribution in [0.3, 0.4) is 0 Å². The van der Waals surface area contributed by atoms with E-state index in [0.717, 1.165) is 18.8 Å². The summed E-state index contributed by atoms with van der Waals surface area (Å²) in [4.78, 5) is 20.7.